The van der Waals surface area contributed by atoms with Crippen molar-refractivity contribution in [1.29, 1.82) is 0 Å². The number of piperidine rings is 1. The lowest BCUT2D eigenvalue weighted by Crippen LogP contribution is -2.49. The van der Waals surface area contributed by atoms with Crippen molar-refractivity contribution < 1.29 is 13.2 Å². The average Bonchev–Trinajstić information content (AvgIpc) is 3.29. The van der Waals surface area contributed by atoms with E-state index < -0.39 is 10.0 Å². The maximum atomic E-state index is 12.4. The lowest BCUT2D eigenvalue weighted by molar-refractivity contribution is 0.0339. The molecule has 0 radical (unpaired) electrons. The summed E-state index contributed by atoms with van der Waals surface area (Å²) in [6.07, 6.45) is 3.68. The fourth-order valence-electron chi connectivity index (χ4n) is 4.18. The number of ether oxygens (including phenoxy) is 1. The number of morpholine rings is 1. The van der Waals surface area contributed by atoms with Gasteiger partial charge in [0.25, 0.3) is 10.0 Å². The number of anilines is 2. The number of sulfonamides is 1. The van der Waals surface area contributed by atoms with Gasteiger partial charge in [0.05, 0.1) is 28.8 Å². The first-order valence-electron chi connectivity index (χ1n) is 11.1. The minimum atomic E-state index is -3.40. The number of thiophene rings is 1. The van der Waals surface area contributed by atoms with E-state index in [0.29, 0.717) is 10.3 Å². The number of hydrogen-bond acceptors (Lipinski definition) is 8. The molecule has 1 N–H and O–H groups in total. The molecular formula is C22H32N4O3S3. The first kappa shape index (κ1) is 23.8. The van der Waals surface area contributed by atoms with Gasteiger partial charge in [-0.2, -0.15) is 0 Å². The molecule has 2 aromatic rings. The molecule has 4 rings (SSSR count). The zero-order chi connectivity index (χ0) is 22.6. The van der Waals surface area contributed by atoms with Crippen LogP contribution in [0.5, 0.6) is 0 Å². The van der Waals surface area contributed by atoms with Gasteiger partial charge in [-0.15, -0.1) is 11.3 Å². The third-order valence-electron chi connectivity index (χ3n) is 5.97. The molecule has 2 fully saturated rings. The van der Waals surface area contributed by atoms with E-state index in [-0.39, 0.29) is 0 Å². The summed E-state index contributed by atoms with van der Waals surface area (Å²) in [5.41, 5.74) is 2.28. The zero-order valence-electron chi connectivity index (χ0n) is 18.7. The van der Waals surface area contributed by atoms with E-state index in [1.165, 1.54) is 52.5 Å². The molecule has 0 amide bonds. The molecule has 0 spiro atoms. The maximum absolute atomic E-state index is 12.4. The number of rotatable bonds is 8. The second-order valence-corrected chi connectivity index (χ2v) is 12.9. The van der Waals surface area contributed by atoms with Gasteiger partial charge in [0.1, 0.15) is 4.21 Å². The molecule has 1 unspecified atom stereocenters. The van der Waals surface area contributed by atoms with Crippen molar-refractivity contribution in [1.82, 2.24) is 9.21 Å². The molecule has 1 aromatic heterocycles. The summed E-state index contributed by atoms with van der Waals surface area (Å²) >= 11 is 2.76. The fourth-order valence-corrected chi connectivity index (χ4v) is 7.63. The normalized spacial score (nSPS) is 20.6. The van der Waals surface area contributed by atoms with Crippen molar-refractivity contribution in [2.45, 2.75) is 33.7 Å². The first-order chi connectivity index (χ1) is 15.4. The van der Waals surface area contributed by atoms with Crippen LogP contribution < -0.4 is 9.62 Å². The maximum Gasteiger partial charge on any atom is 0.252 e. The number of hydrogen-bond donors (Lipinski definition) is 1. The molecule has 0 bridgehead atoms. The first-order valence-corrected chi connectivity index (χ1v) is 14.1. The SMILES string of the molecule is CN(C)S(=O)(=O)c1ccc(SNc2ccccc2N2CCCCC2CN2CCOCC2)s1. The van der Waals surface area contributed by atoms with Crippen LogP contribution in [0.3, 0.4) is 0 Å². The summed E-state index contributed by atoms with van der Waals surface area (Å²) in [7, 11) is -0.281. The molecular weight excluding hydrogens is 464 g/mol. The van der Waals surface area contributed by atoms with Gasteiger partial charge in [0.15, 0.2) is 0 Å². The standard InChI is InChI=1S/C22H32N4O3S3/c1-24(2)32(27,28)22-11-10-21(30-22)31-23-19-8-3-4-9-20(19)26-12-6-5-7-18(26)17-25-13-15-29-16-14-25/h3-4,8-11,18,23H,5-7,12-17H2,1-2H3. The quantitative estimate of drug-likeness (QED) is 0.558. The van der Waals surface area contributed by atoms with Crippen LogP contribution >= 0.6 is 23.3 Å². The van der Waals surface area contributed by atoms with Crippen LogP contribution in [0, 0.1) is 0 Å². The molecule has 32 heavy (non-hydrogen) atoms. The van der Waals surface area contributed by atoms with Crippen LogP contribution in [-0.2, 0) is 14.8 Å². The Morgan fingerprint density at radius 2 is 1.91 bits per heavy atom. The van der Waals surface area contributed by atoms with Gasteiger partial charge in [-0.1, -0.05) is 12.1 Å². The summed E-state index contributed by atoms with van der Waals surface area (Å²) in [5.74, 6) is 0. The number of nitrogens with zero attached hydrogens (tertiary/aromatic N) is 3. The lowest BCUT2D eigenvalue weighted by atomic mass is 10.00. The summed E-state index contributed by atoms with van der Waals surface area (Å²) < 4.78 is 36.3. The molecule has 1 aromatic carbocycles. The summed E-state index contributed by atoms with van der Waals surface area (Å²) in [6.45, 7) is 5.80. The highest BCUT2D eigenvalue weighted by Crippen LogP contribution is 2.36. The van der Waals surface area contributed by atoms with Crippen molar-refractivity contribution in [3.63, 3.8) is 0 Å². The van der Waals surface area contributed by atoms with Crippen LogP contribution in [0.25, 0.3) is 0 Å². The predicted octanol–water partition coefficient (Wildman–Crippen LogP) is 3.81. The van der Waals surface area contributed by atoms with Gasteiger partial charge in [0, 0.05) is 46.3 Å². The second-order valence-electron chi connectivity index (χ2n) is 8.34. The highest BCUT2D eigenvalue weighted by Gasteiger charge is 2.27. The van der Waals surface area contributed by atoms with Gasteiger partial charge in [-0.25, -0.2) is 12.7 Å². The van der Waals surface area contributed by atoms with Crippen molar-refractivity contribution in [2.24, 2.45) is 0 Å². The average molecular weight is 497 g/mol. The van der Waals surface area contributed by atoms with Crippen molar-refractivity contribution in [3.05, 3.63) is 36.4 Å². The Hall–Kier alpha value is -1.30. The van der Waals surface area contributed by atoms with Gasteiger partial charge in [0.2, 0.25) is 0 Å². The van der Waals surface area contributed by atoms with E-state index in [4.69, 9.17) is 4.74 Å². The van der Waals surface area contributed by atoms with Gasteiger partial charge in [-0.05, 0) is 55.5 Å². The molecule has 176 valence electrons. The third kappa shape index (κ3) is 5.60. The van der Waals surface area contributed by atoms with E-state index in [2.05, 4.69) is 32.7 Å². The lowest BCUT2D eigenvalue weighted by Gasteiger charge is -2.41. The van der Waals surface area contributed by atoms with Crippen LogP contribution in [-0.4, -0.2) is 77.2 Å². The van der Waals surface area contributed by atoms with E-state index in [1.807, 2.05) is 12.1 Å². The smallest absolute Gasteiger partial charge is 0.252 e. The summed E-state index contributed by atoms with van der Waals surface area (Å²) in [5, 5.41) is 0. The molecule has 2 aliphatic rings. The number of nitrogens with one attached hydrogen (secondary N) is 1. The van der Waals surface area contributed by atoms with Gasteiger partial charge < -0.3 is 14.4 Å². The highest BCUT2D eigenvalue weighted by atomic mass is 32.3. The number of benzene rings is 1. The summed E-state index contributed by atoms with van der Waals surface area (Å²) in [4.78, 5) is 5.08. The molecule has 2 aliphatic heterocycles. The Balaban J connectivity index is 1.47. The van der Waals surface area contributed by atoms with E-state index in [0.717, 1.165) is 49.3 Å². The largest absolute Gasteiger partial charge is 0.379 e. The van der Waals surface area contributed by atoms with Gasteiger partial charge in [-0.3, -0.25) is 4.90 Å². The Bertz CT molecular complexity index is 990. The Kier molecular flexibility index (Phi) is 8.01. The Labute approximate surface area is 199 Å². The molecule has 7 nitrogen and oxygen atoms in total. The molecule has 10 heteroatoms. The van der Waals surface area contributed by atoms with Crippen LogP contribution in [0.1, 0.15) is 19.3 Å². The molecule has 2 saturated heterocycles. The van der Waals surface area contributed by atoms with E-state index >= 15 is 0 Å². The van der Waals surface area contributed by atoms with Crippen molar-refractivity contribution in [3.8, 4) is 0 Å². The Morgan fingerprint density at radius 1 is 1.12 bits per heavy atom. The van der Waals surface area contributed by atoms with E-state index in [9.17, 15) is 8.42 Å². The number of para-hydroxylation sites is 2. The molecule has 1 atom stereocenters. The van der Waals surface area contributed by atoms with Crippen molar-refractivity contribution >= 4 is 44.7 Å². The monoisotopic (exact) mass is 496 g/mol. The summed E-state index contributed by atoms with van der Waals surface area (Å²) in [6, 6.07) is 12.5. The van der Waals surface area contributed by atoms with Crippen molar-refractivity contribution in [2.75, 3.05) is 63.1 Å². The zero-order valence-corrected chi connectivity index (χ0v) is 21.1. The van der Waals surface area contributed by atoms with Crippen LogP contribution in [0.4, 0.5) is 11.4 Å². The highest BCUT2D eigenvalue weighted by molar-refractivity contribution is 8.02. The Morgan fingerprint density at radius 3 is 2.69 bits per heavy atom. The minimum absolute atomic E-state index is 0.363. The van der Waals surface area contributed by atoms with E-state index in [1.54, 1.807) is 20.2 Å². The molecule has 0 saturated carbocycles. The topological polar surface area (TPSA) is 65.1 Å². The molecule has 3 heterocycles. The molecule has 0 aliphatic carbocycles. The third-order valence-corrected chi connectivity index (χ3v) is 10.3. The van der Waals surface area contributed by atoms with Crippen LogP contribution in [0.15, 0.2) is 44.8 Å². The second kappa shape index (κ2) is 10.8. The fraction of sp³-hybridized carbons (Fsp3) is 0.545. The van der Waals surface area contributed by atoms with Crippen LogP contribution in [0.2, 0.25) is 0 Å². The van der Waals surface area contributed by atoms with Gasteiger partial charge >= 0.3 is 0 Å². The minimum Gasteiger partial charge on any atom is -0.379 e. The predicted molar refractivity (Wildman–Crippen MR) is 133 cm³/mol.